The first-order valence-electron chi connectivity index (χ1n) is 8.00. The number of nitrogens with zero attached hydrogens (tertiary/aromatic N) is 4. The van der Waals surface area contributed by atoms with Crippen molar-refractivity contribution in [3.8, 4) is 5.75 Å². The van der Waals surface area contributed by atoms with Gasteiger partial charge in [-0.25, -0.2) is 9.97 Å². The maximum absolute atomic E-state index is 9.38. The van der Waals surface area contributed by atoms with E-state index in [9.17, 15) is 5.11 Å². The normalized spacial score (nSPS) is 12.0. The van der Waals surface area contributed by atoms with Crippen molar-refractivity contribution in [3.05, 3.63) is 36.7 Å². The van der Waals surface area contributed by atoms with Crippen molar-refractivity contribution in [1.82, 2.24) is 19.9 Å². The fourth-order valence-corrected chi connectivity index (χ4v) is 2.29. The summed E-state index contributed by atoms with van der Waals surface area (Å²) in [5.41, 5.74) is 1.89. The lowest BCUT2D eigenvalue weighted by Gasteiger charge is -2.15. The number of nitrogens with one attached hydrogen (secondary N) is 2. The smallest absolute Gasteiger partial charge is 0.227 e. The Kier molecular flexibility index (Phi) is 5.20. The number of methoxy groups -OCH3 is 1. The number of rotatable bonds is 7. The number of hydrogen-bond donors (Lipinski definition) is 3. The van der Waals surface area contributed by atoms with Crippen LogP contribution in [0.5, 0.6) is 5.75 Å². The van der Waals surface area contributed by atoms with E-state index >= 15 is 0 Å². The quantitative estimate of drug-likeness (QED) is 0.602. The van der Waals surface area contributed by atoms with E-state index in [2.05, 4.69) is 30.6 Å². The number of ether oxygens (including phenoxy) is 1. The number of fused-ring (bicyclic) bond motifs is 1. The third-order valence-electron chi connectivity index (χ3n) is 3.73. The number of benzene rings is 1. The average molecular weight is 340 g/mol. The predicted molar refractivity (Wildman–Crippen MR) is 96.2 cm³/mol. The second kappa shape index (κ2) is 7.71. The molecule has 1 unspecified atom stereocenters. The second-order valence-electron chi connectivity index (χ2n) is 5.41. The van der Waals surface area contributed by atoms with Crippen molar-refractivity contribution >= 4 is 28.6 Å². The maximum atomic E-state index is 9.38. The van der Waals surface area contributed by atoms with Crippen LogP contribution in [0.25, 0.3) is 11.2 Å². The summed E-state index contributed by atoms with van der Waals surface area (Å²) in [7, 11) is 1.62. The van der Waals surface area contributed by atoms with Gasteiger partial charge in [0.2, 0.25) is 5.95 Å². The minimum absolute atomic E-state index is 0.000390. The van der Waals surface area contributed by atoms with Crippen molar-refractivity contribution < 1.29 is 9.84 Å². The van der Waals surface area contributed by atoms with E-state index in [1.807, 2.05) is 31.2 Å². The molecule has 8 nitrogen and oxygen atoms in total. The zero-order valence-electron chi connectivity index (χ0n) is 14.1. The molecule has 0 aliphatic heterocycles. The van der Waals surface area contributed by atoms with Crippen LogP contribution < -0.4 is 15.4 Å². The van der Waals surface area contributed by atoms with E-state index in [0.717, 1.165) is 17.9 Å². The minimum Gasteiger partial charge on any atom is -0.497 e. The Morgan fingerprint density at radius 1 is 1.12 bits per heavy atom. The summed E-state index contributed by atoms with van der Waals surface area (Å²) in [6.07, 6.45) is 3.93. The molecule has 3 rings (SSSR count). The largest absolute Gasteiger partial charge is 0.497 e. The van der Waals surface area contributed by atoms with Crippen molar-refractivity contribution in [2.45, 2.75) is 19.4 Å². The summed E-state index contributed by atoms with van der Waals surface area (Å²) in [5, 5.41) is 15.7. The molecule has 0 saturated heterocycles. The molecule has 0 saturated carbocycles. The van der Waals surface area contributed by atoms with Crippen LogP contribution in [0.4, 0.5) is 17.5 Å². The third kappa shape index (κ3) is 3.92. The monoisotopic (exact) mass is 340 g/mol. The van der Waals surface area contributed by atoms with Gasteiger partial charge in [-0.15, -0.1) is 0 Å². The molecular formula is C17H20N6O2. The molecule has 0 spiro atoms. The Labute approximate surface area is 145 Å². The molecule has 130 valence electrons. The molecule has 0 aliphatic rings. The number of aliphatic hydroxyl groups excluding tert-OH is 1. The number of hydrogen-bond acceptors (Lipinski definition) is 8. The highest BCUT2D eigenvalue weighted by atomic mass is 16.5. The molecule has 0 radical (unpaired) electrons. The predicted octanol–water partition coefficient (Wildman–Crippen LogP) is 2.35. The number of aromatic nitrogens is 4. The second-order valence-corrected chi connectivity index (χ2v) is 5.41. The van der Waals surface area contributed by atoms with Gasteiger partial charge in [-0.2, -0.15) is 9.97 Å². The number of aliphatic hydroxyl groups is 1. The fourth-order valence-electron chi connectivity index (χ4n) is 2.29. The van der Waals surface area contributed by atoms with Crippen LogP contribution in [0.3, 0.4) is 0 Å². The van der Waals surface area contributed by atoms with Crippen LogP contribution >= 0.6 is 0 Å². The lowest BCUT2D eigenvalue weighted by molar-refractivity contribution is 0.271. The molecule has 3 aromatic rings. The molecule has 0 fully saturated rings. The molecule has 2 heterocycles. The first-order valence-corrected chi connectivity index (χ1v) is 8.00. The minimum atomic E-state index is -0.122. The molecular weight excluding hydrogens is 320 g/mol. The zero-order chi connectivity index (χ0) is 17.6. The van der Waals surface area contributed by atoms with Gasteiger partial charge < -0.3 is 20.5 Å². The summed E-state index contributed by atoms with van der Waals surface area (Å²) in [4.78, 5) is 17.4. The summed E-state index contributed by atoms with van der Waals surface area (Å²) in [6, 6.07) is 7.37. The first kappa shape index (κ1) is 16.8. The maximum Gasteiger partial charge on any atom is 0.227 e. The van der Waals surface area contributed by atoms with Gasteiger partial charge in [0.05, 0.1) is 19.8 Å². The van der Waals surface area contributed by atoms with Gasteiger partial charge in [-0.3, -0.25) is 0 Å². The summed E-state index contributed by atoms with van der Waals surface area (Å²) in [5.74, 6) is 1.71. The fraction of sp³-hybridized carbons (Fsp3) is 0.294. The van der Waals surface area contributed by atoms with Gasteiger partial charge in [-0.05, 0) is 30.7 Å². The summed E-state index contributed by atoms with van der Waals surface area (Å²) >= 11 is 0. The highest BCUT2D eigenvalue weighted by Gasteiger charge is 2.13. The lowest BCUT2D eigenvalue weighted by atomic mass is 10.2. The molecule has 25 heavy (non-hydrogen) atoms. The van der Waals surface area contributed by atoms with E-state index in [-0.39, 0.29) is 12.6 Å². The Morgan fingerprint density at radius 3 is 2.56 bits per heavy atom. The molecule has 1 aromatic carbocycles. The first-order chi connectivity index (χ1) is 12.2. The van der Waals surface area contributed by atoms with Crippen molar-refractivity contribution in [2.24, 2.45) is 0 Å². The Hall–Kier alpha value is -3.00. The standard InChI is InChI=1S/C17H20N6O2/c1-3-11(10-24)21-17-22-15-14(18-8-9-19-15)16(23-17)20-12-4-6-13(25-2)7-5-12/h4-9,11,24H,3,10H2,1-2H3,(H2,19,20,21,22,23). The lowest BCUT2D eigenvalue weighted by Crippen LogP contribution is -2.24. The van der Waals surface area contributed by atoms with Crippen LogP contribution in [0, 0.1) is 0 Å². The summed E-state index contributed by atoms with van der Waals surface area (Å²) < 4.78 is 5.17. The third-order valence-corrected chi connectivity index (χ3v) is 3.73. The SMILES string of the molecule is CCC(CO)Nc1nc(Nc2ccc(OC)cc2)c2nccnc2n1. The molecule has 1 atom stereocenters. The van der Waals surface area contributed by atoms with E-state index in [1.54, 1.807) is 19.5 Å². The van der Waals surface area contributed by atoms with Crippen LogP contribution in [-0.2, 0) is 0 Å². The molecule has 0 amide bonds. The Bertz CT molecular complexity index is 836. The van der Waals surface area contributed by atoms with Crippen LogP contribution in [-0.4, -0.2) is 44.8 Å². The summed E-state index contributed by atoms with van der Waals surface area (Å²) in [6.45, 7) is 1.98. The number of anilines is 3. The Balaban J connectivity index is 1.96. The van der Waals surface area contributed by atoms with Gasteiger partial charge in [0.1, 0.15) is 5.75 Å². The van der Waals surface area contributed by atoms with Crippen molar-refractivity contribution in [1.29, 1.82) is 0 Å². The molecule has 0 bridgehead atoms. The topological polar surface area (TPSA) is 105 Å². The van der Waals surface area contributed by atoms with Crippen molar-refractivity contribution in [2.75, 3.05) is 24.4 Å². The van der Waals surface area contributed by atoms with E-state index < -0.39 is 0 Å². The van der Waals surface area contributed by atoms with E-state index in [4.69, 9.17) is 4.74 Å². The molecule has 8 heteroatoms. The highest BCUT2D eigenvalue weighted by molar-refractivity contribution is 5.85. The van der Waals surface area contributed by atoms with E-state index in [0.29, 0.717) is 22.9 Å². The van der Waals surface area contributed by atoms with E-state index in [1.165, 1.54) is 0 Å². The van der Waals surface area contributed by atoms with Crippen molar-refractivity contribution in [3.63, 3.8) is 0 Å². The van der Waals surface area contributed by atoms with Gasteiger partial charge in [0.25, 0.3) is 0 Å². The van der Waals surface area contributed by atoms with Gasteiger partial charge >= 0.3 is 0 Å². The zero-order valence-corrected chi connectivity index (χ0v) is 14.1. The molecule has 0 aliphatic carbocycles. The highest BCUT2D eigenvalue weighted by Crippen LogP contribution is 2.24. The van der Waals surface area contributed by atoms with Crippen LogP contribution in [0.2, 0.25) is 0 Å². The Morgan fingerprint density at radius 2 is 1.88 bits per heavy atom. The molecule has 2 aromatic heterocycles. The van der Waals surface area contributed by atoms with Gasteiger partial charge in [-0.1, -0.05) is 6.92 Å². The van der Waals surface area contributed by atoms with Gasteiger partial charge in [0, 0.05) is 18.1 Å². The van der Waals surface area contributed by atoms with Crippen LogP contribution in [0.15, 0.2) is 36.7 Å². The molecule has 3 N–H and O–H groups in total. The van der Waals surface area contributed by atoms with Crippen LogP contribution in [0.1, 0.15) is 13.3 Å². The van der Waals surface area contributed by atoms with Gasteiger partial charge in [0.15, 0.2) is 17.0 Å². The average Bonchev–Trinajstić information content (AvgIpc) is 2.66.